The van der Waals surface area contributed by atoms with Crippen LogP contribution in [0.25, 0.3) is 0 Å². The van der Waals surface area contributed by atoms with Crippen LogP contribution in [-0.4, -0.2) is 58.2 Å². The summed E-state index contributed by atoms with van der Waals surface area (Å²) in [5.74, 6) is 0.476. The monoisotopic (exact) mass is 338 g/mol. The fourth-order valence-electron chi connectivity index (χ4n) is 2.27. The molecule has 0 saturated carbocycles. The van der Waals surface area contributed by atoms with Crippen molar-refractivity contribution < 1.29 is 9.53 Å². The van der Waals surface area contributed by atoms with Crippen LogP contribution in [0.3, 0.4) is 0 Å². The number of rotatable bonds is 3. The quantitative estimate of drug-likeness (QED) is 0.734. The van der Waals surface area contributed by atoms with Gasteiger partial charge in [0.1, 0.15) is 5.75 Å². The van der Waals surface area contributed by atoms with Crippen LogP contribution in [-0.2, 0) is 0 Å². The van der Waals surface area contributed by atoms with Gasteiger partial charge in [-0.05, 0) is 65.3 Å². The Balaban J connectivity index is 0.000000952. The number of nitrogens with zero attached hydrogens (tertiary/aromatic N) is 1. The van der Waals surface area contributed by atoms with Crippen LogP contribution >= 0.6 is 0 Å². The number of nitrogens with one attached hydrogen (secondary N) is 2. The molecule has 138 valence electrons. The van der Waals surface area contributed by atoms with E-state index in [1.807, 2.05) is 27.9 Å². The molecule has 0 spiro atoms. The van der Waals surface area contributed by atoms with Crippen LogP contribution in [0, 0.1) is 0 Å². The van der Waals surface area contributed by atoms with Crippen molar-refractivity contribution in [1.29, 1.82) is 0 Å². The minimum absolute atomic E-state index is 0.0622. The maximum absolute atomic E-state index is 12.2. The van der Waals surface area contributed by atoms with Crippen LogP contribution < -0.4 is 21.1 Å². The molecule has 1 aliphatic rings. The number of ether oxygens (including phenoxy) is 1. The minimum Gasteiger partial charge on any atom is -0.495 e. The number of hydrogen-bond acceptors (Lipinski definition) is 5. The third-order valence-corrected chi connectivity index (χ3v) is 3.55. The second-order valence-electron chi connectivity index (χ2n) is 5.51. The van der Waals surface area contributed by atoms with Crippen LogP contribution in [0.5, 0.6) is 5.75 Å². The zero-order chi connectivity index (χ0) is 18.5. The van der Waals surface area contributed by atoms with E-state index < -0.39 is 0 Å². The van der Waals surface area contributed by atoms with Crippen LogP contribution in [0.15, 0.2) is 18.2 Å². The molecule has 1 aromatic rings. The van der Waals surface area contributed by atoms with Crippen molar-refractivity contribution in [1.82, 2.24) is 15.5 Å². The topological polar surface area (TPSA) is 79.6 Å². The number of piperidine rings is 1. The number of amides is 1. The molecule has 6 heteroatoms. The Morgan fingerprint density at radius 1 is 1.25 bits per heavy atom. The largest absolute Gasteiger partial charge is 0.495 e. The molecular formula is C18H34N4O2. The summed E-state index contributed by atoms with van der Waals surface area (Å²) >= 11 is 0. The number of likely N-dealkylation sites (tertiary alicyclic amines) is 1. The van der Waals surface area contributed by atoms with Crippen molar-refractivity contribution >= 4 is 11.6 Å². The zero-order valence-electron chi connectivity index (χ0n) is 16.0. The highest BCUT2D eigenvalue weighted by molar-refractivity contribution is 5.95. The van der Waals surface area contributed by atoms with E-state index in [9.17, 15) is 4.79 Å². The van der Waals surface area contributed by atoms with Gasteiger partial charge in [0.05, 0.1) is 12.8 Å². The van der Waals surface area contributed by atoms with Gasteiger partial charge in [-0.3, -0.25) is 4.79 Å². The first-order chi connectivity index (χ1) is 11.5. The fourth-order valence-corrected chi connectivity index (χ4v) is 2.27. The molecule has 0 unspecified atom stereocenters. The van der Waals surface area contributed by atoms with E-state index in [2.05, 4.69) is 22.6 Å². The SMILES string of the molecule is CC.CNC.COc1cc(C(=O)NC2CCN(C)CC2)ccc1N. The smallest absolute Gasteiger partial charge is 0.251 e. The molecule has 1 aromatic carbocycles. The number of nitrogens with two attached hydrogens (primary N) is 1. The lowest BCUT2D eigenvalue weighted by atomic mass is 10.0. The Bertz CT molecular complexity index is 472. The third-order valence-electron chi connectivity index (χ3n) is 3.55. The number of benzene rings is 1. The highest BCUT2D eigenvalue weighted by atomic mass is 16.5. The summed E-state index contributed by atoms with van der Waals surface area (Å²) in [4.78, 5) is 14.4. The van der Waals surface area contributed by atoms with Gasteiger partial charge in [-0.25, -0.2) is 0 Å². The summed E-state index contributed by atoms with van der Waals surface area (Å²) in [6.45, 7) is 6.05. The van der Waals surface area contributed by atoms with E-state index in [4.69, 9.17) is 10.5 Å². The Kier molecular flexibility index (Phi) is 11.7. The molecule has 2 rings (SSSR count). The van der Waals surface area contributed by atoms with E-state index in [0.29, 0.717) is 17.0 Å². The summed E-state index contributed by atoms with van der Waals surface area (Å²) in [7, 11) is 7.40. The van der Waals surface area contributed by atoms with Crippen molar-refractivity contribution in [3.8, 4) is 5.75 Å². The van der Waals surface area contributed by atoms with Crippen LogP contribution in [0.1, 0.15) is 37.0 Å². The number of carbonyl (C=O) groups is 1. The van der Waals surface area contributed by atoms with Crippen molar-refractivity contribution in [3.05, 3.63) is 23.8 Å². The molecule has 0 radical (unpaired) electrons. The first kappa shape index (κ1) is 22.2. The lowest BCUT2D eigenvalue weighted by molar-refractivity contribution is 0.0916. The molecule has 0 bridgehead atoms. The first-order valence-electron chi connectivity index (χ1n) is 8.53. The molecule has 1 heterocycles. The number of anilines is 1. The van der Waals surface area contributed by atoms with Gasteiger partial charge in [0.2, 0.25) is 0 Å². The van der Waals surface area contributed by atoms with Gasteiger partial charge in [-0.1, -0.05) is 13.8 Å². The van der Waals surface area contributed by atoms with E-state index in [-0.39, 0.29) is 11.9 Å². The summed E-state index contributed by atoms with van der Waals surface area (Å²) in [5.41, 5.74) is 6.87. The predicted octanol–water partition coefficient (Wildman–Crippen LogP) is 1.96. The third kappa shape index (κ3) is 7.66. The van der Waals surface area contributed by atoms with Crippen molar-refractivity contribution in [2.24, 2.45) is 0 Å². The van der Waals surface area contributed by atoms with Gasteiger partial charge in [-0.15, -0.1) is 0 Å². The molecule has 1 fully saturated rings. The highest BCUT2D eigenvalue weighted by Gasteiger charge is 2.19. The number of hydrogen-bond donors (Lipinski definition) is 3. The maximum Gasteiger partial charge on any atom is 0.251 e. The molecule has 1 aliphatic heterocycles. The summed E-state index contributed by atoms with van der Waals surface area (Å²) in [5, 5.41) is 5.81. The second kappa shape index (κ2) is 12.6. The first-order valence-corrected chi connectivity index (χ1v) is 8.53. The Labute approximate surface area is 146 Å². The lowest BCUT2D eigenvalue weighted by Crippen LogP contribution is -2.43. The lowest BCUT2D eigenvalue weighted by Gasteiger charge is -2.29. The van der Waals surface area contributed by atoms with Gasteiger partial charge >= 0.3 is 0 Å². The molecule has 1 amide bonds. The maximum atomic E-state index is 12.2. The number of methoxy groups -OCH3 is 1. The standard InChI is InChI=1S/C14H21N3O2.C2H7N.C2H6/c1-17-7-5-11(6-8-17)16-14(18)10-3-4-12(15)13(9-10)19-2;1-3-2;1-2/h3-4,9,11H,5-8,15H2,1-2H3,(H,16,18);3H,1-2H3;1-2H3. The van der Waals surface area contributed by atoms with E-state index >= 15 is 0 Å². The summed E-state index contributed by atoms with van der Waals surface area (Å²) in [6.07, 6.45) is 1.99. The van der Waals surface area contributed by atoms with Crippen molar-refractivity contribution in [2.75, 3.05) is 47.1 Å². The van der Waals surface area contributed by atoms with Crippen molar-refractivity contribution in [3.63, 3.8) is 0 Å². The molecule has 4 N–H and O–H groups in total. The molecule has 0 aromatic heterocycles. The molecule has 24 heavy (non-hydrogen) atoms. The molecule has 1 saturated heterocycles. The molecular weight excluding hydrogens is 304 g/mol. The normalized spacial score (nSPS) is 14.6. The van der Waals surface area contributed by atoms with E-state index in [1.165, 1.54) is 0 Å². The van der Waals surface area contributed by atoms with E-state index in [1.54, 1.807) is 25.3 Å². The predicted molar refractivity (Wildman–Crippen MR) is 102 cm³/mol. The fraction of sp³-hybridized carbons (Fsp3) is 0.611. The van der Waals surface area contributed by atoms with E-state index in [0.717, 1.165) is 25.9 Å². The van der Waals surface area contributed by atoms with Crippen molar-refractivity contribution in [2.45, 2.75) is 32.7 Å². The Morgan fingerprint density at radius 2 is 1.79 bits per heavy atom. The molecule has 0 atom stereocenters. The summed E-state index contributed by atoms with van der Waals surface area (Å²) < 4.78 is 5.13. The Morgan fingerprint density at radius 3 is 2.29 bits per heavy atom. The zero-order valence-corrected chi connectivity index (χ0v) is 16.0. The van der Waals surface area contributed by atoms with Gasteiger partial charge in [0.25, 0.3) is 5.91 Å². The summed E-state index contributed by atoms with van der Waals surface area (Å²) in [6, 6.07) is 5.36. The molecule has 6 nitrogen and oxygen atoms in total. The number of carbonyl (C=O) groups excluding carboxylic acids is 1. The Hall–Kier alpha value is -1.79. The molecule has 0 aliphatic carbocycles. The van der Waals surface area contributed by atoms with Gasteiger partial charge in [0, 0.05) is 11.6 Å². The average Bonchev–Trinajstić information content (AvgIpc) is 2.60. The van der Waals surface area contributed by atoms with Crippen LogP contribution in [0.2, 0.25) is 0 Å². The second-order valence-corrected chi connectivity index (χ2v) is 5.51. The minimum atomic E-state index is -0.0622. The highest BCUT2D eigenvalue weighted by Crippen LogP contribution is 2.22. The van der Waals surface area contributed by atoms with Crippen LogP contribution in [0.4, 0.5) is 5.69 Å². The number of nitrogen functional groups attached to an aromatic ring is 1. The van der Waals surface area contributed by atoms with Gasteiger partial charge in [-0.2, -0.15) is 0 Å². The average molecular weight is 338 g/mol. The van der Waals surface area contributed by atoms with Gasteiger partial charge in [0.15, 0.2) is 0 Å². The van der Waals surface area contributed by atoms with Gasteiger partial charge < -0.3 is 26.0 Å².